The molecule has 1 atom stereocenters. The highest BCUT2D eigenvalue weighted by atomic mass is 32.2. The van der Waals surface area contributed by atoms with Crippen molar-refractivity contribution in [3.05, 3.63) is 0 Å². The topological polar surface area (TPSA) is 26.0 Å². The lowest BCUT2D eigenvalue weighted by Crippen LogP contribution is -2.55. The van der Waals surface area contributed by atoms with Crippen molar-refractivity contribution in [3.8, 4) is 0 Å². The number of hydrogen-bond donors (Lipinski definition) is 1. The Morgan fingerprint density at radius 2 is 1.67 bits per heavy atom. The van der Waals surface area contributed by atoms with Crippen LogP contribution in [0.4, 0.5) is 0 Å². The molecule has 2 N–H and O–H groups in total. The van der Waals surface area contributed by atoms with E-state index in [-0.39, 0.29) is 0 Å². The maximum absolute atomic E-state index is 6.30. The van der Waals surface area contributed by atoms with Crippen molar-refractivity contribution in [3.63, 3.8) is 0 Å². The first kappa shape index (κ1) is 12.1. The fraction of sp³-hybridized carbons (Fsp3) is 1.00. The lowest BCUT2D eigenvalue weighted by molar-refractivity contribution is -0.0906. The van der Waals surface area contributed by atoms with Crippen LogP contribution < -0.4 is 5.73 Å². The van der Waals surface area contributed by atoms with Crippen molar-refractivity contribution >= 4 is 11.8 Å². The van der Waals surface area contributed by atoms with Gasteiger partial charge >= 0.3 is 0 Å². The molecule has 2 heteroatoms. The van der Waals surface area contributed by atoms with E-state index >= 15 is 0 Å². The zero-order chi connectivity index (χ0) is 12.2. The van der Waals surface area contributed by atoms with Crippen LogP contribution in [0.3, 0.4) is 0 Å². The first-order chi connectivity index (χ1) is 8.81. The minimum atomic E-state index is 0.533. The minimum absolute atomic E-state index is 0.533. The third-order valence-electron chi connectivity index (χ3n) is 6.69. The largest absolute Gasteiger partial charge is 0.330 e. The van der Waals surface area contributed by atoms with E-state index in [2.05, 4.69) is 11.8 Å². The Balaban J connectivity index is 1.63. The SMILES string of the molecule is NCC1(C2C3CC4CC(C3)CC2C4)CCCSC1. The average molecular weight is 265 g/mol. The number of nitrogens with two attached hydrogens (primary N) is 1. The first-order valence-corrected chi connectivity index (χ1v) is 9.24. The number of thioether (sulfide) groups is 1. The van der Waals surface area contributed by atoms with Crippen LogP contribution >= 0.6 is 11.8 Å². The zero-order valence-corrected chi connectivity index (χ0v) is 12.3. The van der Waals surface area contributed by atoms with Crippen LogP contribution in [-0.4, -0.2) is 18.1 Å². The van der Waals surface area contributed by atoms with Gasteiger partial charge in [-0.25, -0.2) is 0 Å². The summed E-state index contributed by atoms with van der Waals surface area (Å²) in [5.41, 5.74) is 6.84. The standard InChI is InChI=1S/C16H27NS/c17-9-16(2-1-3-18-10-16)15-13-5-11-4-12(7-13)8-14(15)6-11/h11-15H,1-10,17H2. The Morgan fingerprint density at radius 3 is 2.17 bits per heavy atom. The maximum Gasteiger partial charge on any atom is 0.000415 e. The normalized spacial score (nSPS) is 54.8. The number of hydrogen-bond acceptors (Lipinski definition) is 2. The highest BCUT2D eigenvalue weighted by Crippen LogP contribution is 2.62. The third-order valence-corrected chi connectivity index (χ3v) is 8.05. The smallest absolute Gasteiger partial charge is 0.000415 e. The van der Waals surface area contributed by atoms with Crippen molar-refractivity contribution in [2.75, 3.05) is 18.1 Å². The summed E-state index contributed by atoms with van der Waals surface area (Å²) in [6.07, 6.45) is 10.7. The highest BCUT2D eigenvalue weighted by Gasteiger charge is 2.55. The van der Waals surface area contributed by atoms with Gasteiger partial charge in [0.2, 0.25) is 0 Å². The second-order valence-corrected chi connectivity index (χ2v) is 8.78. The molecule has 102 valence electrons. The van der Waals surface area contributed by atoms with Gasteiger partial charge in [-0.2, -0.15) is 11.8 Å². The molecule has 1 heterocycles. The fourth-order valence-electron chi connectivity index (χ4n) is 6.36. The second-order valence-electron chi connectivity index (χ2n) is 7.68. The molecular formula is C16H27NS. The van der Waals surface area contributed by atoms with Gasteiger partial charge in [0.1, 0.15) is 0 Å². The maximum atomic E-state index is 6.30. The third kappa shape index (κ3) is 1.71. The highest BCUT2D eigenvalue weighted by molar-refractivity contribution is 7.99. The van der Waals surface area contributed by atoms with Crippen LogP contribution in [-0.2, 0) is 0 Å². The lowest BCUT2D eigenvalue weighted by atomic mass is 9.46. The molecule has 1 unspecified atom stereocenters. The zero-order valence-electron chi connectivity index (χ0n) is 11.4. The molecule has 0 spiro atoms. The minimum Gasteiger partial charge on any atom is -0.330 e. The summed E-state index contributed by atoms with van der Waals surface area (Å²) in [6, 6.07) is 0. The summed E-state index contributed by atoms with van der Waals surface area (Å²) in [4.78, 5) is 0. The van der Waals surface area contributed by atoms with Gasteiger partial charge in [0.05, 0.1) is 0 Å². The van der Waals surface area contributed by atoms with Crippen molar-refractivity contribution in [2.45, 2.75) is 44.9 Å². The molecule has 5 rings (SSSR count). The van der Waals surface area contributed by atoms with E-state index in [1.807, 2.05) is 0 Å². The summed E-state index contributed by atoms with van der Waals surface area (Å²) in [7, 11) is 0. The monoisotopic (exact) mass is 265 g/mol. The van der Waals surface area contributed by atoms with Crippen LogP contribution in [0.5, 0.6) is 0 Å². The van der Waals surface area contributed by atoms with Gasteiger partial charge in [0.15, 0.2) is 0 Å². The summed E-state index contributed by atoms with van der Waals surface area (Å²) < 4.78 is 0. The van der Waals surface area contributed by atoms with Gasteiger partial charge < -0.3 is 5.73 Å². The van der Waals surface area contributed by atoms with Crippen molar-refractivity contribution in [2.24, 2.45) is 40.7 Å². The Hall–Kier alpha value is 0.310. The summed E-state index contributed by atoms with van der Waals surface area (Å²) in [5.74, 6) is 8.09. The van der Waals surface area contributed by atoms with E-state index in [9.17, 15) is 0 Å². The first-order valence-electron chi connectivity index (χ1n) is 8.08. The van der Waals surface area contributed by atoms with E-state index < -0.39 is 0 Å². The van der Waals surface area contributed by atoms with E-state index in [0.717, 1.165) is 36.1 Å². The molecule has 0 aromatic rings. The van der Waals surface area contributed by atoms with E-state index in [0.29, 0.717) is 5.41 Å². The van der Waals surface area contributed by atoms with Crippen LogP contribution in [0.25, 0.3) is 0 Å². The molecule has 0 radical (unpaired) electrons. The summed E-state index contributed by atoms with van der Waals surface area (Å²) >= 11 is 2.19. The molecular weight excluding hydrogens is 238 g/mol. The molecule has 0 aromatic carbocycles. The van der Waals surface area contributed by atoms with Gasteiger partial charge in [-0.3, -0.25) is 0 Å². The molecule has 1 aliphatic heterocycles. The Kier molecular flexibility index (Phi) is 2.96. The Bertz CT molecular complexity index is 293. The molecule has 5 fully saturated rings. The molecule has 1 nitrogen and oxygen atoms in total. The Labute approximate surface area is 116 Å². The average Bonchev–Trinajstić information content (AvgIpc) is 2.38. The second kappa shape index (κ2) is 4.41. The van der Waals surface area contributed by atoms with Crippen molar-refractivity contribution < 1.29 is 0 Å². The molecule has 0 amide bonds. The van der Waals surface area contributed by atoms with Gasteiger partial charge in [0.25, 0.3) is 0 Å². The molecule has 0 aromatic heterocycles. The predicted octanol–water partition coefficient (Wildman–Crippen LogP) is 3.53. The van der Waals surface area contributed by atoms with E-state index in [4.69, 9.17) is 5.73 Å². The van der Waals surface area contributed by atoms with Gasteiger partial charge in [0, 0.05) is 5.75 Å². The molecule has 18 heavy (non-hydrogen) atoms. The van der Waals surface area contributed by atoms with Gasteiger partial charge in [-0.1, -0.05) is 0 Å². The Morgan fingerprint density at radius 1 is 1.00 bits per heavy atom. The lowest BCUT2D eigenvalue weighted by Gasteiger charge is -2.60. The van der Waals surface area contributed by atoms with Crippen LogP contribution in [0.1, 0.15) is 44.9 Å². The van der Waals surface area contributed by atoms with Gasteiger partial charge in [-0.15, -0.1) is 0 Å². The summed E-state index contributed by atoms with van der Waals surface area (Å²) in [5, 5.41) is 0. The van der Waals surface area contributed by atoms with Crippen LogP contribution in [0, 0.1) is 35.0 Å². The van der Waals surface area contributed by atoms with Gasteiger partial charge in [-0.05, 0) is 92.2 Å². The molecule has 4 bridgehead atoms. The predicted molar refractivity (Wildman–Crippen MR) is 78.6 cm³/mol. The van der Waals surface area contributed by atoms with Crippen LogP contribution in [0.2, 0.25) is 0 Å². The molecule has 4 aliphatic carbocycles. The van der Waals surface area contributed by atoms with Crippen molar-refractivity contribution in [1.82, 2.24) is 0 Å². The fourth-order valence-corrected chi connectivity index (χ4v) is 7.71. The quantitative estimate of drug-likeness (QED) is 0.826. The molecule has 4 saturated carbocycles. The van der Waals surface area contributed by atoms with E-state index in [1.165, 1.54) is 24.3 Å². The molecule has 1 saturated heterocycles. The van der Waals surface area contributed by atoms with Crippen molar-refractivity contribution in [1.29, 1.82) is 0 Å². The van der Waals surface area contributed by atoms with E-state index in [1.54, 1.807) is 32.1 Å². The number of rotatable bonds is 2. The summed E-state index contributed by atoms with van der Waals surface area (Å²) in [6.45, 7) is 0.965. The molecule has 5 aliphatic rings. The van der Waals surface area contributed by atoms with Crippen LogP contribution in [0.15, 0.2) is 0 Å².